The van der Waals surface area contributed by atoms with Crippen LogP contribution in [0.5, 0.6) is 0 Å². The van der Waals surface area contributed by atoms with Gasteiger partial charge in [-0.3, -0.25) is 0 Å². The van der Waals surface area contributed by atoms with Gasteiger partial charge in [0.1, 0.15) is 11.2 Å². The molecule has 0 atom stereocenters. The van der Waals surface area contributed by atoms with E-state index in [-0.39, 0.29) is 0 Å². The highest BCUT2D eigenvalue weighted by atomic mass is 32.2. The average molecular weight is 364 g/mol. The number of hydrogen-bond donors (Lipinski definition) is 0. The van der Waals surface area contributed by atoms with Crippen LogP contribution in [0.25, 0.3) is 0 Å². The summed E-state index contributed by atoms with van der Waals surface area (Å²) in [4.78, 5) is 0.334. The maximum absolute atomic E-state index is 13.8. The molecule has 3 heteroatoms. The van der Waals surface area contributed by atoms with Crippen molar-refractivity contribution in [2.24, 2.45) is 5.92 Å². The fourth-order valence-electron chi connectivity index (χ4n) is 3.60. The Morgan fingerprint density at radius 3 is 2.27 bits per heavy atom. The molecule has 0 amide bonds. The van der Waals surface area contributed by atoms with Crippen LogP contribution in [0.3, 0.4) is 0 Å². The third-order valence-electron chi connectivity index (χ3n) is 5.24. The monoisotopic (exact) mass is 363 g/mol. The van der Waals surface area contributed by atoms with E-state index in [1.165, 1.54) is 43.7 Å². The number of thioether (sulfide) groups is 1. The minimum atomic E-state index is -0.402. The van der Waals surface area contributed by atoms with Crippen molar-refractivity contribution in [1.82, 2.24) is 0 Å². The zero-order chi connectivity index (χ0) is 18.4. The fourth-order valence-corrected chi connectivity index (χ4v) is 3.99. The Hall–Kier alpha value is -2.23. The van der Waals surface area contributed by atoms with Crippen LogP contribution >= 0.6 is 11.8 Å². The molecule has 0 saturated heterocycles. The first-order valence-corrected chi connectivity index (χ1v) is 9.98. The van der Waals surface area contributed by atoms with E-state index in [0.29, 0.717) is 16.4 Å². The van der Waals surface area contributed by atoms with Gasteiger partial charge in [0.2, 0.25) is 0 Å². The number of rotatable bonds is 3. The largest absolute Gasteiger partial charge is 0.206 e. The van der Waals surface area contributed by atoms with Gasteiger partial charge in [-0.2, -0.15) is 5.26 Å². The van der Waals surface area contributed by atoms with E-state index in [9.17, 15) is 4.39 Å². The van der Waals surface area contributed by atoms with Gasteiger partial charge in [0, 0.05) is 11.1 Å². The Balaban J connectivity index is 1.66. The van der Waals surface area contributed by atoms with Gasteiger partial charge < -0.3 is 0 Å². The van der Waals surface area contributed by atoms with Crippen LogP contribution in [0.2, 0.25) is 0 Å². The zero-order valence-corrected chi connectivity index (χ0v) is 15.8. The summed E-state index contributed by atoms with van der Waals surface area (Å²) in [6.07, 6.45) is 6.56. The average Bonchev–Trinajstić information content (AvgIpc) is 2.69. The summed E-state index contributed by atoms with van der Waals surface area (Å²) >= 11 is 0.824. The van der Waals surface area contributed by atoms with Crippen LogP contribution in [-0.4, -0.2) is 0 Å². The second kappa shape index (κ2) is 8.93. The molecule has 1 aliphatic carbocycles. The van der Waals surface area contributed by atoms with E-state index in [0.717, 1.165) is 23.2 Å². The summed E-state index contributed by atoms with van der Waals surface area (Å²) in [5.41, 5.74) is 2.97. The molecule has 2 aromatic rings. The lowest BCUT2D eigenvalue weighted by Gasteiger charge is -2.28. The molecule has 0 spiro atoms. The van der Waals surface area contributed by atoms with Gasteiger partial charge in [0.15, 0.2) is 0 Å². The number of thiocyanates is 1. The van der Waals surface area contributed by atoms with E-state index in [4.69, 9.17) is 5.26 Å². The van der Waals surface area contributed by atoms with Crippen molar-refractivity contribution < 1.29 is 4.39 Å². The zero-order valence-electron chi connectivity index (χ0n) is 15.0. The van der Waals surface area contributed by atoms with Crippen LogP contribution in [0, 0.1) is 34.2 Å². The van der Waals surface area contributed by atoms with Gasteiger partial charge >= 0.3 is 0 Å². The lowest BCUT2D eigenvalue weighted by molar-refractivity contribution is 0.319. The number of hydrogen-bond acceptors (Lipinski definition) is 2. The fraction of sp³-hybridized carbons (Fsp3) is 0.348. The van der Waals surface area contributed by atoms with Crippen LogP contribution in [0.15, 0.2) is 47.4 Å². The van der Waals surface area contributed by atoms with Crippen molar-refractivity contribution in [1.29, 1.82) is 5.26 Å². The summed E-state index contributed by atoms with van der Waals surface area (Å²) in [7, 11) is 0. The Labute approximate surface area is 159 Å². The van der Waals surface area contributed by atoms with E-state index in [1.54, 1.807) is 12.1 Å². The number of halogens is 1. The maximum Gasteiger partial charge on any atom is 0.139 e. The van der Waals surface area contributed by atoms with Gasteiger partial charge in [0.05, 0.1) is 4.90 Å². The van der Waals surface area contributed by atoms with Gasteiger partial charge in [0.25, 0.3) is 0 Å². The van der Waals surface area contributed by atoms with Crippen LogP contribution in [-0.2, 0) is 0 Å². The Morgan fingerprint density at radius 2 is 1.65 bits per heavy atom. The summed E-state index contributed by atoms with van der Waals surface area (Å²) < 4.78 is 13.8. The van der Waals surface area contributed by atoms with Crippen molar-refractivity contribution in [2.75, 3.05) is 0 Å². The molecule has 0 N–H and O–H groups in total. The second-order valence-corrected chi connectivity index (χ2v) is 7.66. The van der Waals surface area contributed by atoms with Crippen LogP contribution < -0.4 is 0 Å². The Kier molecular flexibility index (Phi) is 6.37. The summed E-state index contributed by atoms with van der Waals surface area (Å²) in [5.74, 6) is 7.29. The standard InChI is InChI=1S/C23H22FNS/c1-2-17-5-10-20(11-6-17)21-12-7-18(8-13-21)3-4-19-9-14-23(26-16-25)22(24)15-19/h7-9,12-15,17,20H,2,5-6,10-11H2,1H3. The highest BCUT2D eigenvalue weighted by Crippen LogP contribution is 2.36. The smallest absolute Gasteiger partial charge is 0.139 e. The molecule has 3 rings (SSSR count). The number of nitrogens with zero attached hydrogens (tertiary/aromatic N) is 1. The van der Waals surface area contributed by atoms with Gasteiger partial charge in [-0.15, -0.1) is 0 Å². The van der Waals surface area contributed by atoms with E-state index in [1.807, 2.05) is 5.40 Å². The van der Waals surface area contributed by atoms with E-state index < -0.39 is 5.82 Å². The molecule has 1 saturated carbocycles. The predicted molar refractivity (Wildman–Crippen MR) is 105 cm³/mol. The molecule has 0 aliphatic heterocycles. The highest BCUT2D eigenvalue weighted by Gasteiger charge is 2.20. The first kappa shape index (κ1) is 18.6. The minimum absolute atomic E-state index is 0.334. The predicted octanol–water partition coefficient (Wildman–Crippen LogP) is 6.48. The van der Waals surface area contributed by atoms with Crippen molar-refractivity contribution in [2.45, 2.75) is 49.8 Å². The molecule has 1 aliphatic rings. The first-order chi connectivity index (χ1) is 12.7. The molecule has 132 valence electrons. The van der Waals surface area contributed by atoms with Crippen molar-refractivity contribution in [3.8, 4) is 17.2 Å². The van der Waals surface area contributed by atoms with Crippen LogP contribution in [0.1, 0.15) is 61.6 Å². The molecule has 0 aromatic heterocycles. The maximum atomic E-state index is 13.8. The summed E-state index contributed by atoms with van der Waals surface area (Å²) in [6.45, 7) is 2.29. The summed E-state index contributed by atoms with van der Waals surface area (Å²) in [5, 5.41) is 10.5. The SMILES string of the molecule is CCC1CCC(c2ccc(C#Cc3ccc(SC#N)c(F)c3)cc2)CC1. The molecular formula is C23H22FNS. The quantitative estimate of drug-likeness (QED) is 0.354. The molecule has 26 heavy (non-hydrogen) atoms. The number of nitriles is 1. The Morgan fingerprint density at radius 1 is 1.00 bits per heavy atom. The second-order valence-electron chi connectivity index (χ2n) is 6.84. The minimum Gasteiger partial charge on any atom is -0.206 e. The summed E-state index contributed by atoms with van der Waals surface area (Å²) in [6, 6.07) is 13.2. The molecule has 0 bridgehead atoms. The first-order valence-electron chi connectivity index (χ1n) is 9.17. The highest BCUT2D eigenvalue weighted by molar-refractivity contribution is 8.03. The molecule has 0 heterocycles. The van der Waals surface area contributed by atoms with Gasteiger partial charge in [-0.05, 0) is 85.2 Å². The van der Waals surface area contributed by atoms with Gasteiger partial charge in [-0.25, -0.2) is 4.39 Å². The van der Waals surface area contributed by atoms with E-state index in [2.05, 4.69) is 43.0 Å². The molecule has 1 nitrogen and oxygen atoms in total. The topological polar surface area (TPSA) is 23.8 Å². The van der Waals surface area contributed by atoms with Gasteiger partial charge in [-0.1, -0.05) is 37.3 Å². The number of benzene rings is 2. The molecule has 2 aromatic carbocycles. The van der Waals surface area contributed by atoms with E-state index >= 15 is 0 Å². The lowest BCUT2D eigenvalue weighted by Crippen LogP contribution is -2.12. The Bertz CT molecular complexity index is 847. The van der Waals surface area contributed by atoms with Crippen molar-refractivity contribution in [3.05, 3.63) is 65.0 Å². The normalized spacial score (nSPS) is 19.3. The molecule has 0 radical (unpaired) electrons. The van der Waals surface area contributed by atoms with Crippen LogP contribution in [0.4, 0.5) is 4.39 Å². The van der Waals surface area contributed by atoms with Crippen molar-refractivity contribution in [3.63, 3.8) is 0 Å². The van der Waals surface area contributed by atoms with Crippen molar-refractivity contribution >= 4 is 11.8 Å². The molecule has 0 unspecified atom stereocenters. The lowest BCUT2D eigenvalue weighted by atomic mass is 9.78. The third kappa shape index (κ3) is 4.69. The third-order valence-corrected chi connectivity index (χ3v) is 5.89. The molecular weight excluding hydrogens is 341 g/mol. The molecule has 1 fully saturated rings.